The lowest BCUT2D eigenvalue weighted by Crippen LogP contribution is -2.52. The van der Waals surface area contributed by atoms with Crippen molar-refractivity contribution >= 4 is 27.1 Å². The molecule has 0 radical (unpaired) electrons. The predicted molar refractivity (Wildman–Crippen MR) is 89.0 cm³/mol. The third-order valence-corrected chi connectivity index (χ3v) is 5.16. The van der Waals surface area contributed by atoms with Crippen LogP contribution >= 0.6 is 11.6 Å². The average molecular weight is 331 g/mol. The molecule has 0 N–H and O–H groups in total. The number of hydrogen-bond acceptors (Lipinski definition) is 4. The summed E-state index contributed by atoms with van der Waals surface area (Å²) in [6.07, 6.45) is 2.01. The van der Waals surface area contributed by atoms with E-state index >= 15 is 0 Å². The fourth-order valence-electron chi connectivity index (χ4n) is 2.76. The quantitative estimate of drug-likeness (QED) is 0.830. The van der Waals surface area contributed by atoms with E-state index in [-0.39, 0.29) is 5.75 Å². The summed E-state index contributed by atoms with van der Waals surface area (Å²) < 4.78 is 22.4. The lowest BCUT2D eigenvalue weighted by atomic mass is 10.1. The van der Waals surface area contributed by atoms with Crippen molar-refractivity contribution in [2.75, 3.05) is 43.1 Å². The average Bonchev–Trinajstić information content (AvgIpc) is 2.39. The number of sulfone groups is 1. The second kappa shape index (κ2) is 6.99. The van der Waals surface area contributed by atoms with Gasteiger partial charge in [0.2, 0.25) is 0 Å². The van der Waals surface area contributed by atoms with Crippen molar-refractivity contribution in [3.05, 3.63) is 29.3 Å². The van der Waals surface area contributed by atoms with Crippen LogP contribution in [-0.2, 0) is 9.84 Å². The number of nitrogens with zero attached hydrogens (tertiary/aromatic N) is 2. The van der Waals surface area contributed by atoms with Crippen LogP contribution in [0.25, 0.3) is 0 Å². The Morgan fingerprint density at radius 3 is 2.71 bits per heavy atom. The summed E-state index contributed by atoms with van der Waals surface area (Å²) in [6.45, 7) is 5.88. The smallest absolute Gasteiger partial charge is 0.147 e. The minimum absolute atomic E-state index is 0.272. The van der Waals surface area contributed by atoms with E-state index in [0.29, 0.717) is 12.5 Å². The molecule has 4 nitrogen and oxygen atoms in total. The molecule has 118 valence electrons. The normalized spacial score (nSPS) is 20.7. The fraction of sp³-hybridized carbons (Fsp3) is 0.600. The molecule has 1 aliphatic rings. The molecule has 0 spiro atoms. The van der Waals surface area contributed by atoms with Gasteiger partial charge in [-0.2, -0.15) is 0 Å². The van der Waals surface area contributed by atoms with E-state index in [4.69, 9.17) is 11.6 Å². The zero-order chi connectivity index (χ0) is 15.5. The maximum atomic E-state index is 11.2. The molecular weight excluding hydrogens is 308 g/mol. The zero-order valence-electron chi connectivity index (χ0n) is 12.6. The van der Waals surface area contributed by atoms with Crippen LogP contribution < -0.4 is 4.90 Å². The zero-order valence-corrected chi connectivity index (χ0v) is 14.2. The van der Waals surface area contributed by atoms with Gasteiger partial charge in [-0.05, 0) is 38.1 Å². The molecule has 0 aromatic heterocycles. The summed E-state index contributed by atoms with van der Waals surface area (Å²) in [5, 5.41) is 0.760. The molecule has 1 aliphatic heterocycles. The van der Waals surface area contributed by atoms with Gasteiger partial charge >= 0.3 is 0 Å². The first-order chi connectivity index (χ1) is 9.85. The molecule has 1 saturated heterocycles. The molecule has 0 amide bonds. The van der Waals surface area contributed by atoms with Crippen LogP contribution in [0.2, 0.25) is 5.02 Å². The lowest BCUT2D eigenvalue weighted by Gasteiger charge is -2.41. The van der Waals surface area contributed by atoms with Gasteiger partial charge in [-0.15, -0.1) is 0 Å². The first-order valence-corrected chi connectivity index (χ1v) is 9.71. The van der Waals surface area contributed by atoms with Crippen molar-refractivity contribution in [2.24, 2.45) is 0 Å². The second-order valence-corrected chi connectivity index (χ2v) is 8.49. The molecule has 0 saturated carbocycles. The molecule has 2 rings (SSSR count). The topological polar surface area (TPSA) is 40.6 Å². The van der Waals surface area contributed by atoms with Crippen molar-refractivity contribution in [3.8, 4) is 0 Å². The molecule has 0 bridgehead atoms. The van der Waals surface area contributed by atoms with E-state index in [9.17, 15) is 8.42 Å². The van der Waals surface area contributed by atoms with E-state index in [1.54, 1.807) is 0 Å². The van der Waals surface area contributed by atoms with Crippen LogP contribution in [0.3, 0.4) is 0 Å². The highest BCUT2D eigenvalue weighted by molar-refractivity contribution is 7.90. The predicted octanol–water partition coefficient (Wildman–Crippen LogP) is 2.29. The van der Waals surface area contributed by atoms with Crippen molar-refractivity contribution in [1.82, 2.24) is 4.90 Å². The number of benzene rings is 1. The fourth-order valence-corrected chi connectivity index (χ4v) is 3.60. The summed E-state index contributed by atoms with van der Waals surface area (Å²) in [4.78, 5) is 4.70. The summed E-state index contributed by atoms with van der Waals surface area (Å²) in [7, 11) is -2.85. The monoisotopic (exact) mass is 330 g/mol. The van der Waals surface area contributed by atoms with Crippen LogP contribution in [0, 0.1) is 0 Å². The Morgan fingerprint density at radius 2 is 2.10 bits per heavy atom. The van der Waals surface area contributed by atoms with E-state index in [2.05, 4.69) is 22.8 Å². The van der Waals surface area contributed by atoms with E-state index in [0.717, 1.165) is 36.9 Å². The number of anilines is 1. The molecule has 0 aliphatic carbocycles. The van der Waals surface area contributed by atoms with Crippen LogP contribution in [0.1, 0.15) is 13.3 Å². The number of hydrogen-bond donors (Lipinski definition) is 0. The van der Waals surface area contributed by atoms with Gasteiger partial charge in [-0.3, -0.25) is 4.90 Å². The molecular formula is C15H23ClN2O2S. The SMILES string of the molecule is C[C@@H]1CN(c2cccc(Cl)c2)CCN1CCCS(C)(=O)=O. The Bertz CT molecular complexity index is 577. The summed E-state index contributed by atoms with van der Waals surface area (Å²) in [6, 6.07) is 8.35. The Morgan fingerprint density at radius 1 is 1.33 bits per heavy atom. The van der Waals surface area contributed by atoms with Crippen LogP contribution in [-0.4, -0.2) is 57.5 Å². The summed E-state index contributed by atoms with van der Waals surface area (Å²) in [5.41, 5.74) is 1.16. The van der Waals surface area contributed by atoms with Gasteiger partial charge in [0.1, 0.15) is 9.84 Å². The summed E-state index contributed by atoms with van der Waals surface area (Å²) >= 11 is 6.05. The van der Waals surface area contributed by atoms with Crippen LogP contribution in [0.5, 0.6) is 0 Å². The Labute approximate surface area is 132 Å². The third-order valence-electron chi connectivity index (χ3n) is 3.90. The highest BCUT2D eigenvalue weighted by Gasteiger charge is 2.23. The first kappa shape index (κ1) is 16.6. The largest absolute Gasteiger partial charge is 0.369 e. The molecule has 1 aromatic rings. The Hall–Kier alpha value is -0.780. The first-order valence-electron chi connectivity index (χ1n) is 7.27. The van der Waals surface area contributed by atoms with E-state index in [1.165, 1.54) is 6.26 Å². The van der Waals surface area contributed by atoms with Gasteiger partial charge in [0.15, 0.2) is 0 Å². The number of rotatable bonds is 5. The van der Waals surface area contributed by atoms with Gasteiger partial charge in [-0.25, -0.2) is 8.42 Å². The standard InChI is InChI=1S/C15H23ClN2O2S/c1-13-12-18(15-6-3-5-14(16)11-15)9-8-17(13)7-4-10-21(2,19)20/h3,5-6,11,13H,4,7-10,12H2,1-2H3/t13-/m1/s1. The van der Waals surface area contributed by atoms with Crippen LogP contribution in [0.15, 0.2) is 24.3 Å². The van der Waals surface area contributed by atoms with Gasteiger partial charge < -0.3 is 4.90 Å². The van der Waals surface area contributed by atoms with Crippen molar-refractivity contribution < 1.29 is 8.42 Å². The molecule has 1 fully saturated rings. The maximum absolute atomic E-state index is 11.2. The highest BCUT2D eigenvalue weighted by atomic mass is 35.5. The van der Waals surface area contributed by atoms with Crippen molar-refractivity contribution in [2.45, 2.75) is 19.4 Å². The lowest BCUT2D eigenvalue weighted by molar-refractivity contribution is 0.190. The maximum Gasteiger partial charge on any atom is 0.147 e. The second-order valence-electron chi connectivity index (χ2n) is 5.79. The molecule has 1 atom stereocenters. The van der Waals surface area contributed by atoms with Gasteiger partial charge in [-0.1, -0.05) is 17.7 Å². The number of halogens is 1. The minimum atomic E-state index is -2.85. The third kappa shape index (κ3) is 5.16. The molecule has 1 aromatic carbocycles. The van der Waals surface area contributed by atoms with Gasteiger partial charge in [0.25, 0.3) is 0 Å². The Kier molecular flexibility index (Phi) is 5.52. The summed E-state index contributed by atoms with van der Waals surface area (Å²) in [5.74, 6) is 0.272. The molecule has 0 unspecified atom stereocenters. The van der Waals surface area contributed by atoms with Crippen molar-refractivity contribution in [1.29, 1.82) is 0 Å². The molecule has 21 heavy (non-hydrogen) atoms. The van der Waals surface area contributed by atoms with Gasteiger partial charge in [0.05, 0.1) is 5.75 Å². The van der Waals surface area contributed by atoms with Gasteiger partial charge in [0, 0.05) is 42.6 Å². The van der Waals surface area contributed by atoms with Crippen LogP contribution in [0.4, 0.5) is 5.69 Å². The molecule has 1 heterocycles. The highest BCUT2D eigenvalue weighted by Crippen LogP contribution is 2.22. The molecule has 6 heteroatoms. The minimum Gasteiger partial charge on any atom is -0.369 e. The van der Waals surface area contributed by atoms with Crippen molar-refractivity contribution in [3.63, 3.8) is 0 Å². The van der Waals surface area contributed by atoms with E-state index in [1.807, 2.05) is 18.2 Å². The Balaban J connectivity index is 1.87. The number of piperazine rings is 1. The van der Waals surface area contributed by atoms with E-state index < -0.39 is 9.84 Å².